The van der Waals surface area contributed by atoms with E-state index in [1.807, 2.05) is 6.08 Å². The molecule has 0 aliphatic heterocycles. The van der Waals surface area contributed by atoms with Crippen molar-refractivity contribution in [3.8, 4) is 0 Å². The number of rotatable bonds is 76. The predicted molar refractivity (Wildman–Crippen MR) is 380 cm³/mol. The maximum atomic E-state index is 12.6. The lowest BCUT2D eigenvalue weighted by Gasteiger charge is -2.20. The first-order valence-corrected chi connectivity index (χ1v) is 40.0. The second-order valence-electron chi connectivity index (χ2n) is 27.8. The molecule has 0 saturated heterocycles. The standard InChI is InChI=1S/C80H157NO5/c1-3-5-7-9-11-13-15-17-18-19-20-21-33-36-39-42-45-49-52-56-60-64-68-72-78(83)77(76-82)81-79(84)73-69-65-61-57-53-50-46-43-40-37-34-31-29-27-25-23-22-24-26-28-30-32-35-38-41-44-47-51-55-59-63-67-71-75-86-80(85)74-70-66-62-58-54-48-16-14-12-10-8-6-4-2/h68,72,77-78,82-83H,3-67,69-71,73-76H2,1-2H3,(H,81,84)/b72-68+. The van der Waals surface area contributed by atoms with E-state index in [2.05, 4.69) is 19.2 Å². The van der Waals surface area contributed by atoms with Crippen LogP contribution in [0.25, 0.3) is 0 Å². The van der Waals surface area contributed by atoms with E-state index in [0.29, 0.717) is 19.4 Å². The summed E-state index contributed by atoms with van der Waals surface area (Å²) in [6.45, 7) is 4.96. The molecule has 0 aliphatic rings. The van der Waals surface area contributed by atoms with Gasteiger partial charge in [0.25, 0.3) is 0 Å². The lowest BCUT2D eigenvalue weighted by Crippen LogP contribution is -2.45. The summed E-state index contributed by atoms with van der Waals surface area (Å²) in [5.74, 6) is -0.0333. The molecule has 0 aromatic rings. The third-order valence-corrected chi connectivity index (χ3v) is 19.1. The topological polar surface area (TPSA) is 95.9 Å². The Morgan fingerprint density at radius 1 is 0.314 bits per heavy atom. The Labute approximate surface area is 539 Å². The van der Waals surface area contributed by atoms with E-state index >= 15 is 0 Å². The zero-order valence-corrected chi connectivity index (χ0v) is 58.8. The van der Waals surface area contributed by atoms with Gasteiger partial charge in [-0.1, -0.05) is 431 Å². The van der Waals surface area contributed by atoms with Crippen LogP contribution in [0.15, 0.2) is 12.2 Å². The summed E-state index contributed by atoms with van der Waals surface area (Å²) in [4.78, 5) is 24.6. The number of carbonyl (C=O) groups is 2. The van der Waals surface area contributed by atoms with Gasteiger partial charge in [-0.05, 0) is 32.1 Å². The summed E-state index contributed by atoms with van der Waals surface area (Å²) in [5.41, 5.74) is 0. The molecule has 0 spiro atoms. The normalized spacial score (nSPS) is 12.5. The molecule has 0 bridgehead atoms. The van der Waals surface area contributed by atoms with Gasteiger partial charge in [0, 0.05) is 12.8 Å². The van der Waals surface area contributed by atoms with Crippen molar-refractivity contribution in [2.75, 3.05) is 13.2 Å². The molecule has 0 radical (unpaired) electrons. The monoisotopic (exact) mass is 1210 g/mol. The van der Waals surface area contributed by atoms with Crippen LogP contribution in [0.2, 0.25) is 0 Å². The van der Waals surface area contributed by atoms with Gasteiger partial charge in [-0.25, -0.2) is 0 Å². The first-order chi connectivity index (χ1) is 42.5. The number of aliphatic hydroxyl groups excluding tert-OH is 2. The number of nitrogens with one attached hydrogen (secondary N) is 1. The van der Waals surface area contributed by atoms with Crippen LogP contribution in [0.4, 0.5) is 0 Å². The minimum absolute atomic E-state index is 0.0242. The van der Waals surface area contributed by atoms with Crippen molar-refractivity contribution in [3.05, 3.63) is 12.2 Å². The van der Waals surface area contributed by atoms with Crippen LogP contribution in [0.3, 0.4) is 0 Å². The molecule has 0 aromatic carbocycles. The second kappa shape index (κ2) is 76.1. The molecule has 6 heteroatoms. The van der Waals surface area contributed by atoms with Crippen molar-refractivity contribution in [1.82, 2.24) is 5.32 Å². The van der Waals surface area contributed by atoms with Crippen LogP contribution in [-0.4, -0.2) is 47.4 Å². The Bertz CT molecular complexity index is 1300. The van der Waals surface area contributed by atoms with Gasteiger partial charge in [0.1, 0.15) is 0 Å². The van der Waals surface area contributed by atoms with Gasteiger partial charge in [0.15, 0.2) is 0 Å². The molecule has 0 heterocycles. The Morgan fingerprint density at radius 3 is 0.791 bits per heavy atom. The smallest absolute Gasteiger partial charge is 0.305 e. The highest BCUT2D eigenvalue weighted by molar-refractivity contribution is 5.76. The highest BCUT2D eigenvalue weighted by Crippen LogP contribution is 2.20. The predicted octanol–water partition coefficient (Wildman–Crippen LogP) is 26.3. The Kier molecular flexibility index (Phi) is 74.8. The van der Waals surface area contributed by atoms with Crippen molar-refractivity contribution in [2.45, 2.75) is 475 Å². The van der Waals surface area contributed by atoms with E-state index in [1.54, 1.807) is 6.08 Å². The Hall–Kier alpha value is -1.40. The first-order valence-electron chi connectivity index (χ1n) is 40.0. The number of allylic oxidation sites excluding steroid dienone is 1. The lowest BCUT2D eigenvalue weighted by atomic mass is 10.0. The van der Waals surface area contributed by atoms with Crippen molar-refractivity contribution >= 4 is 11.9 Å². The number of ether oxygens (including phenoxy) is 1. The van der Waals surface area contributed by atoms with Gasteiger partial charge in [0.05, 0.1) is 25.4 Å². The van der Waals surface area contributed by atoms with Crippen molar-refractivity contribution in [3.63, 3.8) is 0 Å². The molecular formula is C80H157NO5. The SMILES string of the molecule is CCCCCCCCCCCCCCCCCCCCCCC/C=C/C(O)C(CO)NC(=O)CCCCCCCCCCCCCCCCCCCCCCCCCCCCCCCCCCCOC(=O)CCCCCCCCCCCCCCC. The number of unbranched alkanes of at least 4 members (excludes halogenated alkanes) is 65. The minimum Gasteiger partial charge on any atom is -0.466 e. The van der Waals surface area contributed by atoms with Gasteiger partial charge < -0.3 is 20.3 Å². The number of hydrogen-bond donors (Lipinski definition) is 3. The van der Waals surface area contributed by atoms with E-state index in [4.69, 9.17) is 4.74 Å². The number of amides is 1. The fraction of sp³-hybridized carbons (Fsp3) is 0.950. The maximum Gasteiger partial charge on any atom is 0.305 e. The molecule has 3 N–H and O–H groups in total. The van der Waals surface area contributed by atoms with Gasteiger partial charge in [-0.2, -0.15) is 0 Å². The summed E-state index contributed by atoms with van der Waals surface area (Å²) in [6.07, 6.45) is 96.3. The number of aliphatic hydroxyl groups is 2. The molecule has 1 amide bonds. The van der Waals surface area contributed by atoms with Gasteiger partial charge in [-0.15, -0.1) is 0 Å². The molecule has 2 unspecified atom stereocenters. The van der Waals surface area contributed by atoms with Crippen molar-refractivity contribution < 1.29 is 24.5 Å². The largest absolute Gasteiger partial charge is 0.466 e. The van der Waals surface area contributed by atoms with Crippen LogP contribution >= 0.6 is 0 Å². The van der Waals surface area contributed by atoms with E-state index in [-0.39, 0.29) is 18.5 Å². The fourth-order valence-corrected chi connectivity index (χ4v) is 13.0. The third kappa shape index (κ3) is 71.7. The highest BCUT2D eigenvalue weighted by Gasteiger charge is 2.18. The van der Waals surface area contributed by atoms with Crippen LogP contribution in [0, 0.1) is 0 Å². The summed E-state index contributed by atoms with van der Waals surface area (Å²) in [6, 6.07) is -0.625. The zero-order chi connectivity index (χ0) is 62.0. The van der Waals surface area contributed by atoms with Crippen LogP contribution in [0.5, 0.6) is 0 Å². The van der Waals surface area contributed by atoms with E-state index in [9.17, 15) is 19.8 Å². The summed E-state index contributed by atoms with van der Waals surface area (Å²) in [5, 5.41) is 23.3. The number of esters is 1. The fourth-order valence-electron chi connectivity index (χ4n) is 13.0. The summed E-state index contributed by atoms with van der Waals surface area (Å²) < 4.78 is 5.50. The number of carbonyl (C=O) groups excluding carboxylic acids is 2. The first kappa shape index (κ1) is 84.6. The molecule has 512 valence electrons. The highest BCUT2D eigenvalue weighted by atomic mass is 16.5. The molecule has 6 nitrogen and oxygen atoms in total. The lowest BCUT2D eigenvalue weighted by molar-refractivity contribution is -0.143. The van der Waals surface area contributed by atoms with Gasteiger partial charge in [-0.3, -0.25) is 9.59 Å². The van der Waals surface area contributed by atoms with E-state index in [1.165, 1.54) is 398 Å². The van der Waals surface area contributed by atoms with Crippen LogP contribution in [-0.2, 0) is 14.3 Å². The number of hydrogen-bond acceptors (Lipinski definition) is 5. The average Bonchev–Trinajstić information content (AvgIpc) is 3.57. The molecule has 86 heavy (non-hydrogen) atoms. The average molecular weight is 1210 g/mol. The summed E-state index contributed by atoms with van der Waals surface area (Å²) >= 11 is 0. The zero-order valence-electron chi connectivity index (χ0n) is 58.8. The molecule has 0 fully saturated rings. The molecule has 0 aliphatic carbocycles. The molecule has 0 saturated carbocycles. The quantitative estimate of drug-likeness (QED) is 0.0320. The van der Waals surface area contributed by atoms with Crippen LogP contribution < -0.4 is 5.32 Å². The molecular weight excluding hydrogens is 1050 g/mol. The maximum absolute atomic E-state index is 12.6. The van der Waals surface area contributed by atoms with Gasteiger partial charge in [0.2, 0.25) is 5.91 Å². The summed E-state index contributed by atoms with van der Waals surface area (Å²) in [7, 11) is 0. The third-order valence-electron chi connectivity index (χ3n) is 19.1. The molecule has 0 aromatic heterocycles. The van der Waals surface area contributed by atoms with E-state index in [0.717, 1.165) is 38.5 Å². The van der Waals surface area contributed by atoms with E-state index < -0.39 is 12.1 Å². The van der Waals surface area contributed by atoms with Crippen LogP contribution in [0.1, 0.15) is 463 Å². The Balaban J connectivity index is 3.34. The molecule has 0 rings (SSSR count). The minimum atomic E-state index is -0.842. The molecule has 2 atom stereocenters. The van der Waals surface area contributed by atoms with Gasteiger partial charge >= 0.3 is 5.97 Å². The van der Waals surface area contributed by atoms with Crippen molar-refractivity contribution in [2.24, 2.45) is 0 Å². The second-order valence-corrected chi connectivity index (χ2v) is 27.8. The Morgan fingerprint density at radius 2 is 0.535 bits per heavy atom. The van der Waals surface area contributed by atoms with Crippen molar-refractivity contribution in [1.29, 1.82) is 0 Å².